The van der Waals surface area contributed by atoms with Gasteiger partial charge in [-0.15, -0.1) is 0 Å². The number of hydrogen-bond donors (Lipinski definition) is 3. The van der Waals surface area contributed by atoms with E-state index in [4.69, 9.17) is 10.8 Å². The third-order valence-corrected chi connectivity index (χ3v) is 3.78. The molecular weight excluding hydrogens is 247 g/mol. The first-order valence-electron chi connectivity index (χ1n) is 6.57. The topological polar surface area (TPSA) is 75.3 Å². The van der Waals surface area contributed by atoms with Crippen molar-refractivity contribution in [3.63, 3.8) is 0 Å². The van der Waals surface area contributed by atoms with Crippen LogP contribution in [0.25, 0.3) is 0 Å². The molecule has 0 amide bonds. The van der Waals surface area contributed by atoms with E-state index in [9.17, 15) is 9.18 Å². The first kappa shape index (κ1) is 13.6. The Morgan fingerprint density at radius 3 is 2.58 bits per heavy atom. The van der Waals surface area contributed by atoms with Gasteiger partial charge in [-0.1, -0.05) is 6.92 Å². The molecule has 0 heterocycles. The third kappa shape index (κ3) is 2.97. The summed E-state index contributed by atoms with van der Waals surface area (Å²) in [5, 5.41) is 12.3. The molecule has 1 fully saturated rings. The molecule has 0 unspecified atom stereocenters. The van der Waals surface area contributed by atoms with E-state index in [1.807, 2.05) is 0 Å². The van der Waals surface area contributed by atoms with Gasteiger partial charge in [0.15, 0.2) is 0 Å². The zero-order valence-electron chi connectivity index (χ0n) is 10.9. The number of halogens is 1. The van der Waals surface area contributed by atoms with Crippen LogP contribution in [0.3, 0.4) is 0 Å². The highest BCUT2D eigenvalue weighted by atomic mass is 19.1. The number of aromatic carboxylic acids is 1. The van der Waals surface area contributed by atoms with Crippen LogP contribution in [0, 0.1) is 11.7 Å². The summed E-state index contributed by atoms with van der Waals surface area (Å²) in [5.74, 6) is -1.18. The molecule has 0 spiro atoms. The van der Waals surface area contributed by atoms with E-state index in [0.717, 1.165) is 31.6 Å². The molecule has 2 rings (SSSR count). The average molecular weight is 266 g/mol. The van der Waals surface area contributed by atoms with E-state index in [2.05, 4.69) is 12.2 Å². The predicted octanol–water partition coefficient (Wildman–Crippen LogP) is 3.10. The van der Waals surface area contributed by atoms with E-state index in [1.54, 1.807) is 0 Å². The Kier molecular flexibility index (Phi) is 3.93. The number of nitrogens with two attached hydrogens (primary N) is 1. The van der Waals surface area contributed by atoms with Crippen LogP contribution >= 0.6 is 0 Å². The number of carboxylic acid groups (broad SMARTS) is 1. The second kappa shape index (κ2) is 5.47. The molecular formula is C14H19FN2O2. The molecule has 1 aliphatic carbocycles. The minimum absolute atomic E-state index is 0.168. The number of benzene rings is 1. The number of rotatable bonds is 3. The normalized spacial score (nSPS) is 23.1. The van der Waals surface area contributed by atoms with Crippen LogP contribution in [0.15, 0.2) is 12.1 Å². The van der Waals surface area contributed by atoms with Gasteiger partial charge in [-0.2, -0.15) is 0 Å². The zero-order chi connectivity index (χ0) is 14.0. The van der Waals surface area contributed by atoms with Gasteiger partial charge < -0.3 is 16.2 Å². The lowest BCUT2D eigenvalue weighted by atomic mass is 9.87. The summed E-state index contributed by atoms with van der Waals surface area (Å²) < 4.78 is 13.3. The number of carbonyl (C=O) groups is 1. The van der Waals surface area contributed by atoms with Crippen LogP contribution in [0.1, 0.15) is 43.0 Å². The van der Waals surface area contributed by atoms with Crippen molar-refractivity contribution < 1.29 is 14.3 Å². The molecule has 19 heavy (non-hydrogen) atoms. The Morgan fingerprint density at radius 1 is 1.37 bits per heavy atom. The molecule has 0 bridgehead atoms. The van der Waals surface area contributed by atoms with E-state index in [1.165, 1.54) is 12.1 Å². The number of carboxylic acids is 1. The summed E-state index contributed by atoms with van der Waals surface area (Å²) >= 11 is 0. The Bertz CT molecular complexity index is 483. The number of anilines is 2. The third-order valence-electron chi connectivity index (χ3n) is 3.78. The summed E-state index contributed by atoms with van der Waals surface area (Å²) in [6.07, 6.45) is 4.24. The molecule has 0 saturated heterocycles. The number of nitrogen functional groups attached to an aromatic ring is 1. The smallest absolute Gasteiger partial charge is 0.340 e. The summed E-state index contributed by atoms with van der Waals surface area (Å²) in [6, 6.07) is 2.89. The Morgan fingerprint density at radius 2 is 2.00 bits per heavy atom. The maximum atomic E-state index is 13.3. The lowest BCUT2D eigenvalue weighted by Crippen LogP contribution is -2.26. The van der Waals surface area contributed by atoms with Gasteiger partial charge in [-0.3, -0.25) is 0 Å². The average Bonchev–Trinajstić information content (AvgIpc) is 2.36. The molecule has 1 saturated carbocycles. The second-order valence-corrected chi connectivity index (χ2v) is 5.29. The maximum Gasteiger partial charge on any atom is 0.340 e. The van der Waals surface area contributed by atoms with Gasteiger partial charge in [-0.25, -0.2) is 9.18 Å². The fraction of sp³-hybridized carbons (Fsp3) is 0.500. The SMILES string of the molecule is CC1CCC(Nc2ccc(F)c(N)c2C(=O)O)CC1. The van der Waals surface area contributed by atoms with Crippen LogP contribution in [-0.4, -0.2) is 17.1 Å². The van der Waals surface area contributed by atoms with Crippen LogP contribution in [-0.2, 0) is 0 Å². The molecule has 104 valence electrons. The quantitative estimate of drug-likeness (QED) is 0.735. The molecule has 1 aliphatic rings. The van der Waals surface area contributed by atoms with Gasteiger partial charge in [0.2, 0.25) is 0 Å². The Labute approximate surface area is 111 Å². The molecule has 1 aromatic carbocycles. The largest absolute Gasteiger partial charge is 0.478 e. The predicted molar refractivity (Wildman–Crippen MR) is 72.8 cm³/mol. The number of nitrogens with one attached hydrogen (secondary N) is 1. The molecule has 0 aliphatic heterocycles. The molecule has 5 heteroatoms. The van der Waals surface area contributed by atoms with Gasteiger partial charge in [0.05, 0.1) is 11.4 Å². The zero-order valence-corrected chi connectivity index (χ0v) is 10.9. The van der Waals surface area contributed by atoms with Crippen LogP contribution in [0.5, 0.6) is 0 Å². The second-order valence-electron chi connectivity index (χ2n) is 5.29. The van der Waals surface area contributed by atoms with Gasteiger partial charge in [0.1, 0.15) is 11.4 Å². The van der Waals surface area contributed by atoms with Crippen molar-refractivity contribution >= 4 is 17.3 Å². The minimum Gasteiger partial charge on any atom is -0.478 e. The minimum atomic E-state index is -1.20. The van der Waals surface area contributed by atoms with Gasteiger partial charge >= 0.3 is 5.97 Å². The number of hydrogen-bond acceptors (Lipinski definition) is 3. The van der Waals surface area contributed by atoms with Crippen molar-refractivity contribution in [2.24, 2.45) is 5.92 Å². The Balaban J connectivity index is 2.20. The van der Waals surface area contributed by atoms with Gasteiger partial charge in [-0.05, 0) is 43.7 Å². The summed E-state index contributed by atoms with van der Waals surface area (Å²) in [4.78, 5) is 11.2. The van der Waals surface area contributed by atoms with Gasteiger partial charge in [0, 0.05) is 6.04 Å². The molecule has 0 atom stereocenters. The first-order chi connectivity index (χ1) is 8.99. The molecule has 4 N–H and O–H groups in total. The van der Waals surface area contributed by atoms with Crippen molar-refractivity contribution in [1.82, 2.24) is 0 Å². The van der Waals surface area contributed by atoms with Crippen molar-refractivity contribution in [3.05, 3.63) is 23.5 Å². The fourth-order valence-electron chi connectivity index (χ4n) is 2.57. The maximum absolute atomic E-state index is 13.3. The standard InChI is InChI=1S/C14H19FN2O2/c1-8-2-4-9(5-3-8)17-11-7-6-10(15)13(16)12(11)14(18)19/h6-9,17H,2-5,16H2,1H3,(H,18,19). The van der Waals surface area contributed by atoms with Crippen molar-refractivity contribution in [2.75, 3.05) is 11.1 Å². The molecule has 1 aromatic rings. The summed E-state index contributed by atoms with van der Waals surface area (Å²) in [7, 11) is 0. The van der Waals surface area contributed by atoms with E-state index in [-0.39, 0.29) is 17.3 Å². The van der Waals surface area contributed by atoms with Crippen LogP contribution in [0.2, 0.25) is 0 Å². The molecule has 4 nitrogen and oxygen atoms in total. The molecule has 0 radical (unpaired) electrons. The van der Waals surface area contributed by atoms with Crippen molar-refractivity contribution in [1.29, 1.82) is 0 Å². The lowest BCUT2D eigenvalue weighted by Gasteiger charge is -2.28. The van der Waals surface area contributed by atoms with Crippen molar-refractivity contribution in [2.45, 2.75) is 38.6 Å². The monoisotopic (exact) mass is 266 g/mol. The van der Waals surface area contributed by atoms with Crippen LogP contribution in [0.4, 0.5) is 15.8 Å². The first-order valence-corrected chi connectivity index (χ1v) is 6.57. The van der Waals surface area contributed by atoms with Crippen LogP contribution < -0.4 is 11.1 Å². The summed E-state index contributed by atoms with van der Waals surface area (Å²) in [5.41, 5.74) is 5.45. The molecule has 0 aromatic heterocycles. The van der Waals surface area contributed by atoms with E-state index in [0.29, 0.717) is 5.69 Å². The Hall–Kier alpha value is -1.78. The lowest BCUT2D eigenvalue weighted by molar-refractivity contribution is 0.0698. The van der Waals surface area contributed by atoms with Crippen molar-refractivity contribution in [3.8, 4) is 0 Å². The highest BCUT2D eigenvalue weighted by molar-refractivity contribution is 6.00. The highest BCUT2D eigenvalue weighted by Crippen LogP contribution is 2.30. The van der Waals surface area contributed by atoms with E-state index >= 15 is 0 Å². The summed E-state index contributed by atoms with van der Waals surface area (Å²) in [6.45, 7) is 2.22. The van der Waals surface area contributed by atoms with Gasteiger partial charge in [0.25, 0.3) is 0 Å². The van der Waals surface area contributed by atoms with E-state index < -0.39 is 11.8 Å². The highest BCUT2D eigenvalue weighted by Gasteiger charge is 2.22. The fourth-order valence-corrected chi connectivity index (χ4v) is 2.57.